The molecule has 0 unspecified atom stereocenters. The summed E-state index contributed by atoms with van der Waals surface area (Å²) in [7, 11) is 1.56. The molecule has 3 rings (SSSR count). The summed E-state index contributed by atoms with van der Waals surface area (Å²) >= 11 is 5.99. The number of amides is 1. The summed E-state index contributed by atoms with van der Waals surface area (Å²) in [6, 6.07) is 7.72. The number of benzene rings is 1. The van der Waals surface area contributed by atoms with Crippen LogP contribution in [-0.4, -0.2) is 35.6 Å². The predicted molar refractivity (Wildman–Crippen MR) is 105 cm³/mol. The Morgan fingerprint density at radius 3 is 2.50 bits per heavy atom. The molecule has 0 saturated carbocycles. The molecule has 10 heteroatoms. The van der Waals surface area contributed by atoms with Crippen LogP contribution in [0.25, 0.3) is 5.65 Å². The zero-order valence-corrected chi connectivity index (χ0v) is 17.0. The SMILES string of the molecule is CCc1nc2c(Cl)cc(C(F)(F)F)cn2c1C(=O)NCCOc1ccc(OC)cc1. The molecule has 0 atom stereocenters. The van der Waals surface area contributed by atoms with Gasteiger partial charge in [-0.2, -0.15) is 13.2 Å². The summed E-state index contributed by atoms with van der Waals surface area (Å²) in [5, 5.41) is 2.47. The third kappa shape index (κ3) is 4.62. The lowest BCUT2D eigenvalue weighted by Gasteiger charge is -2.11. The van der Waals surface area contributed by atoms with Crippen LogP contribution in [0.1, 0.15) is 28.7 Å². The summed E-state index contributed by atoms with van der Waals surface area (Å²) in [6.45, 7) is 2.07. The minimum atomic E-state index is -4.60. The molecule has 0 radical (unpaired) electrons. The fraction of sp³-hybridized carbons (Fsp3) is 0.300. The third-order valence-electron chi connectivity index (χ3n) is 4.34. The van der Waals surface area contributed by atoms with Crippen molar-refractivity contribution in [3.63, 3.8) is 0 Å². The highest BCUT2D eigenvalue weighted by molar-refractivity contribution is 6.33. The number of aromatic nitrogens is 2. The second kappa shape index (κ2) is 8.83. The van der Waals surface area contributed by atoms with E-state index in [4.69, 9.17) is 21.1 Å². The van der Waals surface area contributed by atoms with E-state index in [0.29, 0.717) is 23.6 Å². The van der Waals surface area contributed by atoms with Gasteiger partial charge in [-0.05, 0) is 36.8 Å². The Balaban J connectivity index is 1.75. The number of alkyl halides is 3. The van der Waals surface area contributed by atoms with Crippen molar-refractivity contribution in [2.45, 2.75) is 19.5 Å². The molecular weight excluding hydrogens is 423 g/mol. The van der Waals surface area contributed by atoms with E-state index in [1.54, 1.807) is 38.3 Å². The number of nitrogens with zero attached hydrogens (tertiary/aromatic N) is 2. The highest BCUT2D eigenvalue weighted by Crippen LogP contribution is 2.33. The first-order valence-electron chi connectivity index (χ1n) is 9.07. The maximum absolute atomic E-state index is 13.2. The van der Waals surface area contributed by atoms with Crippen molar-refractivity contribution in [1.82, 2.24) is 14.7 Å². The van der Waals surface area contributed by atoms with Gasteiger partial charge in [0.15, 0.2) is 5.65 Å². The highest BCUT2D eigenvalue weighted by atomic mass is 35.5. The zero-order valence-electron chi connectivity index (χ0n) is 16.2. The molecule has 0 spiro atoms. The molecular formula is C20H19ClF3N3O3. The van der Waals surface area contributed by atoms with Crippen molar-refractivity contribution >= 4 is 23.2 Å². The summed E-state index contributed by atoms with van der Waals surface area (Å²) < 4.78 is 51.2. The molecule has 0 saturated heterocycles. The van der Waals surface area contributed by atoms with Gasteiger partial charge in [0.25, 0.3) is 5.91 Å². The van der Waals surface area contributed by atoms with Crippen LogP contribution in [0.3, 0.4) is 0 Å². The van der Waals surface area contributed by atoms with Crippen molar-refractivity contribution in [1.29, 1.82) is 0 Å². The van der Waals surface area contributed by atoms with Crippen molar-refractivity contribution in [3.8, 4) is 11.5 Å². The summed E-state index contributed by atoms with van der Waals surface area (Å²) in [5.74, 6) is 0.719. The lowest BCUT2D eigenvalue weighted by atomic mass is 10.2. The maximum atomic E-state index is 13.2. The fourth-order valence-corrected chi connectivity index (χ4v) is 3.13. The van der Waals surface area contributed by atoms with Gasteiger partial charge in [-0.1, -0.05) is 18.5 Å². The Morgan fingerprint density at radius 1 is 1.23 bits per heavy atom. The lowest BCUT2D eigenvalue weighted by molar-refractivity contribution is -0.137. The molecule has 3 aromatic rings. The van der Waals surface area contributed by atoms with Crippen LogP contribution >= 0.6 is 11.6 Å². The first-order valence-corrected chi connectivity index (χ1v) is 9.45. The standard InChI is InChI=1S/C20H19ClF3N3O3/c1-3-16-17(27-11-12(20(22,23)24)10-15(21)18(27)26-16)19(28)25-8-9-30-14-6-4-13(29-2)5-7-14/h4-7,10-11H,3,8-9H2,1-2H3,(H,25,28). The van der Waals surface area contributed by atoms with Crippen LogP contribution in [0, 0.1) is 0 Å². The molecule has 2 aromatic heterocycles. The smallest absolute Gasteiger partial charge is 0.417 e. The van der Waals surface area contributed by atoms with E-state index in [9.17, 15) is 18.0 Å². The van der Waals surface area contributed by atoms with Crippen LogP contribution in [0.15, 0.2) is 36.5 Å². The number of carbonyl (C=O) groups is 1. The number of methoxy groups -OCH3 is 1. The minimum absolute atomic E-state index is 0.0185. The highest BCUT2D eigenvalue weighted by Gasteiger charge is 2.33. The predicted octanol–water partition coefficient (Wildman–Crippen LogP) is 4.39. The van der Waals surface area contributed by atoms with Gasteiger partial charge < -0.3 is 14.8 Å². The number of rotatable bonds is 7. The Kier molecular flexibility index (Phi) is 6.40. The number of ether oxygens (including phenoxy) is 2. The number of aryl methyl sites for hydroxylation is 1. The number of halogens is 4. The molecule has 0 aliphatic heterocycles. The maximum Gasteiger partial charge on any atom is 0.417 e. The number of pyridine rings is 1. The fourth-order valence-electron chi connectivity index (χ4n) is 2.88. The molecule has 0 aliphatic rings. The van der Waals surface area contributed by atoms with E-state index in [1.807, 2.05) is 0 Å². The van der Waals surface area contributed by atoms with E-state index in [2.05, 4.69) is 10.3 Å². The molecule has 0 aliphatic carbocycles. The van der Waals surface area contributed by atoms with Gasteiger partial charge in [0.1, 0.15) is 23.8 Å². The van der Waals surface area contributed by atoms with E-state index < -0.39 is 17.6 Å². The van der Waals surface area contributed by atoms with Gasteiger partial charge in [0, 0.05) is 6.20 Å². The first kappa shape index (κ1) is 21.8. The van der Waals surface area contributed by atoms with E-state index in [1.165, 1.54) is 0 Å². The normalized spacial score (nSPS) is 11.5. The largest absolute Gasteiger partial charge is 0.497 e. The quantitative estimate of drug-likeness (QED) is 0.552. The number of hydrogen-bond donors (Lipinski definition) is 1. The van der Waals surface area contributed by atoms with Gasteiger partial charge in [-0.15, -0.1) is 0 Å². The van der Waals surface area contributed by atoms with Gasteiger partial charge in [-0.25, -0.2) is 4.98 Å². The number of imidazole rings is 1. The van der Waals surface area contributed by atoms with Gasteiger partial charge in [0.05, 0.1) is 29.9 Å². The van der Waals surface area contributed by atoms with Crippen LogP contribution in [0.2, 0.25) is 5.02 Å². The zero-order chi connectivity index (χ0) is 21.9. The molecule has 30 heavy (non-hydrogen) atoms. The van der Waals surface area contributed by atoms with Crippen LogP contribution < -0.4 is 14.8 Å². The molecule has 1 amide bonds. The van der Waals surface area contributed by atoms with E-state index in [-0.39, 0.29) is 29.5 Å². The number of carbonyl (C=O) groups excluding carboxylic acids is 1. The third-order valence-corrected chi connectivity index (χ3v) is 4.62. The lowest BCUT2D eigenvalue weighted by Crippen LogP contribution is -2.30. The Labute approximate surface area is 175 Å². The molecule has 0 fully saturated rings. The van der Waals surface area contributed by atoms with E-state index >= 15 is 0 Å². The molecule has 6 nitrogen and oxygen atoms in total. The molecule has 160 valence electrons. The average Bonchev–Trinajstić information content (AvgIpc) is 3.10. The van der Waals surface area contributed by atoms with Gasteiger partial charge in [0.2, 0.25) is 0 Å². The average molecular weight is 442 g/mol. The molecule has 1 N–H and O–H groups in total. The van der Waals surface area contributed by atoms with Gasteiger partial charge in [-0.3, -0.25) is 9.20 Å². The van der Waals surface area contributed by atoms with Crippen molar-refractivity contribution in [2.75, 3.05) is 20.3 Å². The topological polar surface area (TPSA) is 64.9 Å². The monoisotopic (exact) mass is 441 g/mol. The summed E-state index contributed by atoms with van der Waals surface area (Å²) in [6.07, 6.45) is -3.42. The molecule has 0 bridgehead atoms. The minimum Gasteiger partial charge on any atom is -0.497 e. The van der Waals surface area contributed by atoms with Crippen molar-refractivity contribution in [3.05, 3.63) is 58.5 Å². The van der Waals surface area contributed by atoms with Crippen LogP contribution in [-0.2, 0) is 12.6 Å². The Hall–Kier alpha value is -2.94. The Bertz CT molecular complexity index is 1050. The van der Waals surface area contributed by atoms with Crippen molar-refractivity contribution in [2.24, 2.45) is 0 Å². The number of hydrogen-bond acceptors (Lipinski definition) is 4. The summed E-state index contributed by atoms with van der Waals surface area (Å²) in [4.78, 5) is 16.9. The Morgan fingerprint density at radius 2 is 1.90 bits per heavy atom. The number of nitrogens with one attached hydrogen (secondary N) is 1. The second-order valence-corrected chi connectivity index (χ2v) is 6.72. The number of fused-ring (bicyclic) bond motifs is 1. The van der Waals surface area contributed by atoms with E-state index in [0.717, 1.165) is 16.7 Å². The van der Waals surface area contributed by atoms with Crippen LogP contribution in [0.4, 0.5) is 13.2 Å². The van der Waals surface area contributed by atoms with Gasteiger partial charge >= 0.3 is 6.18 Å². The van der Waals surface area contributed by atoms with Crippen molar-refractivity contribution < 1.29 is 27.4 Å². The second-order valence-electron chi connectivity index (χ2n) is 6.31. The van der Waals surface area contributed by atoms with Crippen LogP contribution in [0.5, 0.6) is 11.5 Å². The molecule has 2 heterocycles. The first-order chi connectivity index (χ1) is 14.2. The summed E-state index contributed by atoms with van der Waals surface area (Å²) in [5.41, 5.74) is -0.493. The molecule has 1 aromatic carbocycles.